The van der Waals surface area contributed by atoms with Gasteiger partial charge >= 0.3 is 5.97 Å². The van der Waals surface area contributed by atoms with Gasteiger partial charge in [-0.05, 0) is 36.6 Å². The molecule has 0 aliphatic carbocycles. The van der Waals surface area contributed by atoms with Crippen molar-refractivity contribution in [1.82, 2.24) is 4.31 Å². The van der Waals surface area contributed by atoms with Crippen LogP contribution in [0.3, 0.4) is 0 Å². The number of carboxylic acid groups (broad SMARTS) is 1. The number of ether oxygens (including phenoxy) is 2. The highest BCUT2D eigenvalue weighted by atomic mass is 32.2. The molecule has 1 aromatic carbocycles. The Morgan fingerprint density at radius 2 is 2.00 bits per heavy atom. The molecular weight excluding hydrogens is 390 g/mol. The predicted molar refractivity (Wildman–Crippen MR) is 101 cm³/mol. The smallest absolute Gasteiger partial charge is 0.345 e. The minimum Gasteiger partial charge on any atom is -0.493 e. The fourth-order valence-corrected chi connectivity index (χ4v) is 6.46. The number of carbonyl (C=O) groups is 1. The predicted octanol–water partition coefficient (Wildman–Crippen LogP) is 3.16. The van der Waals surface area contributed by atoms with Crippen LogP contribution < -0.4 is 9.47 Å². The number of hydrogen-bond acceptors (Lipinski definition) is 6. The lowest BCUT2D eigenvalue weighted by atomic mass is 9.91. The molecular formula is C18H21NO6S2. The van der Waals surface area contributed by atoms with E-state index in [2.05, 4.69) is 0 Å². The second-order valence-electron chi connectivity index (χ2n) is 6.08. The number of methoxy groups -OCH3 is 2. The van der Waals surface area contributed by atoms with Crippen LogP contribution in [0, 0.1) is 0 Å². The van der Waals surface area contributed by atoms with Crippen molar-refractivity contribution in [2.45, 2.75) is 30.0 Å². The molecule has 1 atom stereocenters. The summed E-state index contributed by atoms with van der Waals surface area (Å²) >= 11 is 0.775. The van der Waals surface area contributed by atoms with Gasteiger partial charge in [0.25, 0.3) is 10.0 Å². The summed E-state index contributed by atoms with van der Waals surface area (Å²) < 4.78 is 38.7. The van der Waals surface area contributed by atoms with Crippen molar-refractivity contribution < 1.29 is 27.8 Å². The van der Waals surface area contributed by atoms with E-state index in [-0.39, 0.29) is 21.7 Å². The highest BCUT2D eigenvalue weighted by Crippen LogP contribution is 2.43. The van der Waals surface area contributed by atoms with Gasteiger partial charge in [-0.1, -0.05) is 13.0 Å². The molecule has 1 aliphatic heterocycles. The van der Waals surface area contributed by atoms with Gasteiger partial charge in [0, 0.05) is 12.1 Å². The maximum Gasteiger partial charge on any atom is 0.345 e. The maximum absolute atomic E-state index is 13.2. The van der Waals surface area contributed by atoms with Gasteiger partial charge in [-0.15, -0.1) is 11.3 Å². The lowest BCUT2D eigenvalue weighted by Gasteiger charge is -2.36. The van der Waals surface area contributed by atoms with Crippen LogP contribution >= 0.6 is 11.3 Å². The summed E-state index contributed by atoms with van der Waals surface area (Å²) in [4.78, 5) is 11.1. The molecule has 0 saturated carbocycles. The molecule has 3 rings (SSSR count). The van der Waals surface area contributed by atoms with Gasteiger partial charge in [-0.2, -0.15) is 4.31 Å². The van der Waals surface area contributed by atoms with Gasteiger partial charge in [0.2, 0.25) is 0 Å². The quantitative estimate of drug-likeness (QED) is 0.785. The third kappa shape index (κ3) is 3.30. The molecule has 0 fully saturated rings. The summed E-state index contributed by atoms with van der Waals surface area (Å²) in [5.41, 5.74) is 1.84. The zero-order valence-corrected chi connectivity index (χ0v) is 16.9. The average molecular weight is 412 g/mol. The van der Waals surface area contributed by atoms with Crippen molar-refractivity contribution >= 4 is 27.3 Å². The molecule has 0 spiro atoms. The molecule has 146 valence electrons. The van der Waals surface area contributed by atoms with E-state index in [0.717, 1.165) is 22.5 Å². The standard InChI is InChI=1S/C18H21NO6S2/c1-4-13-11-5-6-14(24-2)17(25-3)12(11)9-10-19(13)27(22,23)16-8-7-15(26-16)18(20)21/h5-8,13H,4,9-10H2,1-3H3,(H,20,21). The normalized spacial score (nSPS) is 17.4. The first-order valence-corrected chi connectivity index (χ1v) is 10.7. The first-order chi connectivity index (χ1) is 12.8. The highest BCUT2D eigenvalue weighted by molar-refractivity contribution is 7.91. The Kier molecular flexibility index (Phi) is 5.45. The van der Waals surface area contributed by atoms with E-state index in [9.17, 15) is 13.2 Å². The third-order valence-corrected chi connectivity index (χ3v) is 8.16. The zero-order chi connectivity index (χ0) is 19.8. The van der Waals surface area contributed by atoms with E-state index >= 15 is 0 Å². The number of rotatable bonds is 6. The molecule has 0 radical (unpaired) electrons. The Morgan fingerprint density at radius 3 is 2.56 bits per heavy atom. The molecule has 1 aromatic heterocycles. The fourth-order valence-electron chi connectivity index (χ4n) is 3.51. The van der Waals surface area contributed by atoms with Gasteiger partial charge in [-0.25, -0.2) is 13.2 Å². The molecule has 1 unspecified atom stereocenters. The topological polar surface area (TPSA) is 93.1 Å². The van der Waals surface area contributed by atoms with Crippen molar-refractivity contribution in [2.24, 2.45) is 0 Å². The Morgan fingerprint density at radius 1 is 1.26 bits per heavy atom. The van der Waals surface area contributed by atoms with Crippen molar-refractivity contribution in [1.29, 1.82) is 0 Å². The van der Waals surface area contributed by atoms with Crippen molar-refractivity contribution in [3.63, 3.8) is 0 Å². The largest absolute Gasteiger partial charge is 0.493 e. The van der Waals surface area contributed by atoms with Crippen LogP contribution in [0.25, 0.3) is 0 Å². The summed E-state index contributed by atoms with van der Waals surface area (Å²) in [7, 11) is -0.659. The number of fused-ring (bicyclic) bond motifs is 1. The number of carboxylic acids is 1. The van der Waals surface area contributed by atoms with Gasteiger partial charge in [-0.3, -0.25) is 0 Å². The molecule has 1 aliphatic rings. The van der Waals surface area contributed by atoms with Gasteiger partial charge < -0.3 is 14.6 Å². The Bertz CT molecular complexity index is 966. The van der Waals surface area contributed by atoms with Crippen molar-refractivity contribution in [3.8, 4) is 11.5 Å². The highest BCUT2D eigenvalue weighted by Gasteiger charge is 2.38. The summed E-state index contributed by atoms with van der Waals surface area (Å²) in [6, 6.07) is 6.00. The van der Waals surface area contributed by atoms with E-state index in [1.165, 1.54) is 16.4 Å². The summed E-state index contributed by atoms with van der Waals surface area (Å²) in [6.07, 6.45) is 1.07. The van der Waals surface area contributed by atoms with Crippen LogP contribution in [0.4, 0.5) is 0 Å². The minimum atomic E-state index is -3.80. The second kappa shape index (κ2) is 7.49. The van der Waals surface area contributed by atoms with E-state index in [4.69, 9.17) is 14.6 Å². The SMILES string of the molecule is CCC1c2ccc(OC)c(OC)c2CCN1S(=O)(=O)c1ccc(C(=O)O)s1. The number of nitrogens with zero attached hydrogens (tertiary/aromatic N) is 1. The monoisotopic (exact) mass is 411 g/mol. The number of aromatic carboxylic acids is 1. The summed E-state index contributed by atoms with van der Waals surface area (Å²) in [5, 5.41) is 9.09. The van der Waals surface area contributed by atoms with E-state index < -0.39 is 16.0 Å². The number of thiophene rings is 1. The lowest BCUT2D eigenvalue weighted by Crippen LogP contribution is -2.39. The molecule has 0 bridgehead atoms. The van der Waals surface area contributed by atoms with Gasteiger partial charge in [0.15, 0.2) is 11.5 Å². The van der Waals surface area contributed by atoms with Crippen molar-refractivity contribution in [3.05, 3.63) is 40.3 Å². The Balaban J connectivity index is 2.05. The van der Waals surface area contributed by atoms with Gasteiger partial charge in [0.1, 0.15) is 9.09 Å². The van der Waals surface area contributed by atoms with E-state index in [0.29, 0.717) is 24.3 Å². The summed E-state index contributed by atoms with van der Waals surface area (Å²) in [5.74, 6) is 0.121. The molecule has 1 N–H and O–H groups in total. The molecule has 2 heterocycles. The number of hydrogen-bond donors (Lipinski definition) is 1. The molecule has 7 nitrogen and oxygen atoms in total. The average Bonchev–Trinajstić information content (AvgIpc) is 3.17. The van der Waals surface area contributed by atoms with Crippen molar-refractivity contribution in [2.75, 3.05) is 20.8 Å². The van der Waals surface area contributed by atoms with Crippen LogP contribution in [0.15, 0.2) is 28.5 Å². The number of benzene rings is 1. The van der Waals surface area contributed by atoms with Crippen LogP contribution in [0.5, 0.6) is 11.5 Å². The molecule has 9 heteroatoms. The Labute approximate surface area is 162 Å². The van der Waals surface area contributed by atoms with Gasteiger partial charge in [0.05, 0.1) is 20.3 Å². The first-order valence-electron chi connectivity index (χ1n) is 8.43. The van der Waals surface area contributed by atoms with E-state index in [1.807, 2.05) is 13.0 Å². The second-order valence-corrected chi connectivity index (χ2v) is 9.28. The molecule has 2 aromatic rings. The fraction of sp³-hybridized carbons (Fsp3) is 0.389. The molecule has 0 saturated heterocycles. The summed E-state index contributed by atoms with van der Waals surface area (Å²) in [6.45, 7) is 2.22. The number of sulfonamides is 1. The van der Waals surface area contributed by atoms with E-state index in [1.54, 1.807) is 20.3 Å². The third-order valence-electron chi connectivity index (χ3n) is 4.72. The zero-order valence-electron chi connectivity index (χ0n) is 15.3. The van der Waals surface area contributed by atoms with Crippen LogP contribution in [0.2, 0.25) is 0 Å². The lowest BCUT2D eigenvalue weighted by molar-refractivity contribution is 0.0702. The molecule has 27 heavy (non-hydrogen) atoms. The van der Waals surface area contributed by atoms with Crippen LogP contribution in [0.1, 0.15) is 40.2 Å². The maximum atomic E-state index is 13.2. The van der Waals surface area contributed by atoms with Crippen LogP contribution in [-0.4, -0.2) is 44.6 Å². The first kappa shape index (κ1) is 19.7. The van der Waals surface area contributed by atoms with Crippen LogP contribution in [-0.2, 0) is 16.4 Å². The Hall–Kier alpha value is -2.10. The molecule has 0 amide bonds. The minimum absolute atomic E-state index is 0.00504.